The predicted octanol–water partition coefficient (Wildman–Crippen LogP) is -0.443. The highest BCUT2D eigenvalue weighted by Gasteiger charge is 2.17. The number of nitrogens with zero attached hydrogens (tertiary/aromatic N) is 3. The first-order valence-corrected chi connectivity index (χ1v) is 4.29. The second-order valence-electron chi connectivity index (χ2n) is 2.91. The van der Waals surface area contributed by atoms with Gasteiger partial charge in [0.1, 0.15) is 6.20 Å². The van der Waals surface area contributed by atoms with Gasteiger partial charge in [0.2, 0.25) is 0 Å². The molecular formula is C8H11N4O. The Kier molecular flexibility index (Phi) is 2.27. The summed E-state index contributed by atoms with van der Waals surface area (Å²) in [7, 11) is 0. The second-order valence-corrected chi connectivity index (χ2v) is 2.91. The molecule has 0 bridgehead atoms. The first kappa shape index (κ1) is 8.25. The van der Waals surface area contributed by atoms with Crippen LogP contribution in [-0.2, 0) is 0 Å². The Labute approximate surface area is 76.3 Å². The van der Waals surface area contributed by atoms with Crippen molar-refractivity contribution in [3.8, 4) is 0 Å². The molecule has 1 N–H and O–H groups in total. The number of amides is 1. The van der Waals surface area contributed by atoms with Crippen LogP contribution in [0, 0.1) is 6.20 Å². The zero-order chi connectivity index (χ0) is 9.10. The lowest BCUT2D eigenvalue weighted by Gasteiger charge is -2.26. The van der Waals surface area contributed by atoms with Crippen LogP contribution in [0.15, 0.2) is 12.3 Å². The van der Waals surface area contributed by atoms with Gasteiger partial charge < -0.3 is 10.2 Å². The van der Waals surface area contributed by atoms with Gasteiger partial charge in [0, 0.05) is 32.4 Å². The number of carbonyl (C=O) groups is 1. The Balaban J connectivity index is 2.04. The van der Waals surface area contributed by atoms with Gasteiger partial charge in [-0.1, -0.05) is 0 Å². The lowest BCUT2D eigenvalue weighted by Crippen LogP contribution is -2.48. The van der Waals surface area contributed by atoms with Crippen molar-refractivity contribution < 1.29 is 4.79 Å². The summed E-state index contributed by atoms with van der Waals surface area (Å²) < 4.78 is 1.31. The summed E-state index contributed by atoms with van der Waals surface area (Å²) in [6, 6.07) is 1.56. The van der Waals surface area contributed by atoms with Gasteiger partial charge >= 0.3 is 6.03 Å². The van der Waals surface area contributed by atoms with Gasteiger partial charge in [-0.2, -0.15) is 9.78 Å². The van der Waals surface area contributed by atoms with Crippen LogP contribution >= 0.6 is 0 Å². The summed E-state index contributed by atoms with van der Waals surface area (Å²) in [6.07, 6.45) is 4.22. The number of rotatable bonds is 0. The third kappa shape index (κ3) is 1.70. The molecule has 69 valence electrons. The summed E-state index contributed by atoms with van der Waals surface area (Å²) in [4.78, 5) is 13.4. The third-order valence-corrected chi connectivity index (χ3v) is 2.04. The minimum absolute atomic E-state index is 0.0669. The van der Waals surface area contributed by atoms with Gasteiger partial charge in [0.05, 0.1) is 0 Å². The number of aromatic nitrogens is 2. The van der Waals surface area contributed by atoms with Crippen LogP contribution in [0.5, 0.6) is 0 Å². The quantitative estimate of drug-likeness (QED) is 0.587. The highest BCUT2D eigenvalue weighted by Crippen LogP contribution is 1.96. The highest BCUT2D eigenvalue weighted by molar-refractivity contribution is 5.75. The summed E-state index contributed by atoms with van der Waals surface area (Å²) in [6.45, 7) is 3.21. The summed E-state index contributed by atoms with van der Waals surface area (Å²) >= 11 is 0. The minimum Gasteiger partial charge on any atom is -0.320 e. The monoisotopic (exact) mass is 179 g/mol. The molecule has 1 radical (unpaired) electrons. The molecule has 0 unspecified atom stereocenters. The topological polar surface area (TPSA) is 50.2 Å². The van der Waals surface area contributed by atoms with Gasteiger partial charge in [-0.3, -0.25) is 0 Å². The van der Waals surface area contributed by atoms with Crippen molar-refractivity contribution in [1.29, 1.82) is 0 Å². The molecule has 0 saturated carbocycles. The molecule has 5 nitrogen and oxygen atoms in total. The first-order chi connectivity index (χ1) is 6.38. The molecule has 0 aromatic carbocycles. The van der Waals surface area contributed by atoms with Gasteiger partial charge in [0.15, 0.2) is 0 Å². The SMILES string of the molecule is O=C(N1CCNCC1)n1cc[c]n1. The molecule has 2 rings (SSSR count). The number of nitrogens with one attached hydrogen (secondary N) is 1. The molecule has 0 spiro atoms. The molecule has 5 heteroatoms. The van der Waals surface area contributed by atoms with Gasteiger partial charge in [-0.05, 0) is 6.07 Å². The fourth-order valence-electron chi connectivity index (χ4n) is 1.34. The van der Waals surface area contributed by atoms with Gasteiger partial charge in [-0.15, -0.1) is 0 Å². The average molecular weight is 179 g/mol. The van der Waals surface area contributed by atoms with Crippen LogP contribution in [0.25, 0.3) is 0 Å². The van der Waals surface area contributed by atoms with Crippen molar-refractivity contribution in [2.24, 2.45) is 0 Å². The zero-order valence-corrected chi connectivity index (χ0v) is 7.23. The lowest BCUT2D eigenvalue weighted by atomic mass is 10.4. The van der Waals surface area contributed by atoms with Crippen molar-refractivity contribution in [3.05, 3.63) is 18.5 Å². The van der Waals surface area contributed by atoms with E-state index in [1.807, 2.05) is 0 Å². The van der Waals surface area contributed by atoms with E-state index in [4.69, 9.17) is 0 Å². The van der Waals surface area contributed by atoms with Crippen LogP contribution in [-0.4, -0.2) is 46.9 Å². The van der Waals surface area contributed by atoms with E-state index in [9.17, 15) is 4.79 Å². The van der Waals surface area contributed by atoms with Crippen LogP contribution in [0.1, 0.15) is 0 Å². The molecule has 1 aliphatic heterocycles. The molecule has 1 saturated heterocycles. The lowest BCUT2D eigenvalue weighted by molar-refractivity contribution is 0.188. The minimum atomic E-state index is -0.0669. The van der Waals surface area contributed by atoms with Gasteiger partial charge in [0.25, 0.3) is 0 Å². The number of hydrogen-bond acceptors (Lipinski definition) is 3. The Morgan fingerprint density at radius 2 is 2.23 bits per heavy atom. The maximum absolute atomic E-state index is 11.6. The third-order valence-electron chi connectivity index (χ3n) is 2.04. The standard InChI is InChI=1S/C8H11N4O/c13-8(12-5-1-2-10-12)11-6-3-9-4-7-11/h1,5,9H,3-4,6-7H2. The number of carbonyl (C=O) groups excluding carboxylic acids is 1. The predicted molar refractivity (Wildman–Crippen MR) is 46.3 cm³/mol. The van der Waals surface area contributed by atoms with Crippen molar-refractivity contribution in [2.75, 3.05) is 26.2 Å². The van der Waals surface area contributed by atoms with E-state index in [2.05, 4.69) is 16.6 Å². The van der Waals surface area contributed by atoms with Crippen LogP contribution in [0.2, 0.25) is 0 Å². The highest BCUT2D eigenvalue weighted by atomic mass is 16.2. The molecular weight excluding hydrogens is 168 g/mol. The van der Waals surface area contributed by atoms with E-state index < -0.39 is 0 Å². The molecule has 1 aromatic rings. The van der Waals surface area contributed by atoms with Crippen molar-refractivity contribution in [3.63, 3.8) is 0 Å². The smallest absolute Gasteiger partial charge is 0.320 e. The van der Waals surface area contributed by atoms with E-state index in [1.54, 1.807) is 17.2 Å². The van der Waals surface area contributed by atoms with Crippen molar-refractivity contribution in [1.82, 2.24) is 20.0 Å². The Morgan fingerprint density at radius 3 is 2.85 bits per heavy atom. The van der Waals surface area contributed by atoms with E-state index in [-0.39, 0.29) is 6.03 Å². The van der Waals surface area contributed by atoms with Crippen LogP contribution < -0.4 is 5.32 Å². The fraction of sp³-hybridized carbons (Fsp3) is 0.500. The zero-order valence-electron chi connectivity index (χ0n) is 7.23. The average Bonchev–Trinajstić information content (AvgIpc) is 2.71. The summed E-state index contributed by atoms with van der Waals surface area (Å²) in [5.74, 6) is 0. The second kappa shape index (κ2) is 3.57. The number of hydrogen-bond donors (Lipinski definition) is 1. The molecule has 1 amide bonds. The summed E-state index contributed by atoms with van der Waals surface area (Å²) in [5.41, 5.74) is 0. The molecule has 13 heavy (non-hydrogen) atoms. The maximum atomic E-state index is 11.6. The van der Waals surface area contributed by atoms with E-state index in [1.165, 1.54) is 4.68 Å². The maximum Gasteiger partial charge on any atom is 0.344 e. The molecule has 1 aromatic heterocycles. The molecule has 1 fully saturated rings. The Hall–Kier alpha value is -1.36. The molecule has 0 atom stereocenters. The van der Waals surface area contributed by atoms with E-state index >= 15 is 0 Å². The normalized spacial score (nSPS) is 17.4. The van der Waals surface area contributed by atoms with Crippen molar-refractivity contribution in [2.45, 2.75) is 0 Å². The fourth-order valence-corrected chi connectivity index (χ4v) is 1.34. The van der Waals surface area contributed by atoms with E-state index in [0.717, 1.165) is 26.2 Å². The van der Waals surface area contributed by atoms with Crippen LogP contribution in [0.3, 0.4) is 0 Å². The largest absolute Gasteiger partial charge is 0.344 e. The Morgan fingerprint density at radius 1 is 1.46 bits per heavy atom. The van der Waals surface area contributed by atoms with Gasteiger partial charge in [-0.25, -0.2) is 4.79 Å². The van der Waals surface area contributed by atoms with Crippen LogP contribution in [0.4, 0.5) is 4.79 Å². The van der Waals surface area contributed by atoms with E-state index in [0.29, 0.717) is 0 Å². The Bertz CT molecular complexity index is 276. The van der Waals surface area contributed by atoms with Crippen molar-refractivity contribution >= 4 is 6.03 Å². The molecule has 0 aliphatic carbocycles. The molecule has 2 heterocycles. The number of piperazine rings is 1. The molecule has 1 aliphatic rings. The first-order valence-electron chi connectivity index (χ1n) is 4.29. The summed E-state index contributed by atoms with van der Waals surface area (Å²) in [5, 5.41) is 6.95.